The first-order valence-electron chi connectivity index (χ1n) is 5.37. The zero-order chi connectivity index (χ0) is 12.6. The summed E-state index contributed by atoms with van der Waals surface area (Å²) in [5.74, 6) is 1.43. The van der Waals surface area contributed by atoms with Crippen LogP contribution in [0.3, 0.4) is 0 Å². The molecule has 0 aliphatic heterocycles. The van der Waals surface area contributed by atoms with E-state index in [1.807, 2.05) is 36.2 Å². The predicted octanol–water partition coefficient (Wildman–Crippen LogP) is 1.34. The first kappa shape index (κ1) is 11.3. The second kappa shape index (κ2) is 3.98. The van der Waals surface area contributed by atoms with Crippen LogP contribution in [0.4, 0.5) is 5.82 Å². The molecule has 0 atom stereocenters. The molecule has 0 unspecified atom stereocenters. The predicted molar refractivity (Wildman–Crippen MR) is 65.3 cm³/mol. The lowest BCUT2D eigenvalue weighted by molar-refractivity contribution is 0.693. The quantitative estimate of drug-likeness (QED) is 0.844. The van der Waals surface area contributed by atoms with Gasteiger partial charge in [-0.25, -0.2) is 4.98 Å². The Balaban J connectivity index is 2.48. The fraction of sp³-hybridized carbons (Fsp3) is 0.333. The van der Waals surface area contributed by atoms with Gasteiger partial charge in [0.2, 0.25) is 0 Å². The Hall–Kier alpha value is -2.22. The minimum Gasteiger partial charge on any atom is -0.384 e. The van der Waals surface area contributed by atoms with E-state index in [-0.39, 0.29) is 0 Å². The fourth-order valence-electron chi connectivity index (χ4n) is 1.93. The summed E-state index contributed by atoms with van der Waals surface area (Å²) in [5, 5.41) is 9.05. The van der Waals surface area contributed by atoms with Crippen LogP contribution in [0, 0.1) is 25.2 Å². The van der Waals surface area contributed by atoms with Crippen molar-refractivity contribution in [2.75, 3.05) is 5.73 Å². The molecule has 0 amide bonds. The third-order valence-electron chi connectivity index (χ3n) is 3.20. The lowest BCUT2D eigenvalue weighted by Crippen LogP contribution is -2.10. The van der Waals surface area contributed by atoms with Crippen molar-refractivity contribution in [3.05, 3.63) is 35.0 Å². The molecule has 2 heterocycles. The summed E-state index contributed by atoms with van der Waals surface area (Å²) in [6, 6.07) is 2.15. The van der Waals surface area contributed by atoms with Gasteiger partial charge in [-0.1, -0.05) is 0 Å². The maximum Gasteiger partial charge on any atom is 0.128 e. The number of anilines is 1. The van der Waals surface area contributed by atoms with Crippen molar-refractivity contribution in [1.29, 1.82) is 5.26 Å². The van der Waals surface area contributed by atoms with Crippen LogP contribution in [0.1, 0.15) is 22.6 Å². The van der Waals surface area contributed by atoms with E-state index in [9.17, 15) is 0 Å². The van der Waals surface area contributed by atoms with E-state index in [2.05, 4.69) is 11.1 Å². The Morgan fingerprint density at radius 3 is 2.65 bits per heavy atom. The van der Waals surface area contributed by atoms with Crippen molar-refractivity contribution in [3.63, 3.8) is 0 Å². The van der Waals surface area contributed by atoms with E-state index in [4.69, 9.17) is 11.0 Å². The van der Waals surface area contributed by atoms with E-state index >= 15 is 0 Å². The topological polar surface area (TPSA) is 72.6 Å². The van der Waals surface area contributed by atoms with Gasteiger partial charge in [-0.2, -0.15) is 5.26 Å². The summed E-state index contributed by atoms with van der Waals surface area (Å²) in [6.45, 7) is 4.47. The molecule has 5 heteroatoms. The maximum atomic E-state index is 9.05. The second-order valence-electron chi connectivity index (χ2n) is 4.12. The molecule has 0 spiro atoms. The average molecular weight is 229 g/mol. The van der Waals surface area contributed by atoms with Crippen molar-refractivity contribution in [1.82, 2.24) is 14.1 Å². The fourth-order valence-corrected chi connectivity index (χ4v) is 1.93. The number of nitrogens with two attached hydrogens (primary N) is 1. The summed E-state index contributed by atoms with van der Waals surface area (Å²) in [5.41, 5.74) is 8.51. The molecule has 0 fully saturated rings. The monoisotopic (exact) mass is 229 g/mol. The molecule has 0 aliphatic carbocycles. The van der Waals surface area contributed by atoms with Crippen molar-refractivity contribution < 1.29 is 0 Å². The summed E-state index contributed by atoms with van der Waals surface area (Å²) in [6.07, 6.45) is 3.64. The minimum absolute atomic E-state index is 0.519. The molecule has 0 aliphatic rings. The van der Waals surface area contributed by atoms with Crippen LogP contribution < -0.4 is 5.73 Å². The number of hydrogen-bond acceptors (Lipinski definition) is 3. The molecule has 17 heavy (non-hydrogen) atoms. The van der Waals surface area contributed by atoms with Gasteiger partial charge >= 0.3 is 0 Å². The largest absolute Gasteiger partial charge is 0.384 e. The Bertz CT molecular complexity index is 597. The van der Waals surface area contributed by atoms with Gasteiger partial charge in [-0.15, -0.1) is 0 Å². The normalized spacial score (nSPS) is 10.5. The van der Waals surface area contributed by atoms with Crippen LogP contribution in [-0.4, -0.2) is 14.1 Å². The number of aromatic nitrogens is 3. The number of nitrogens with zero attached hydrogens (tertiary/aromatic N) is 4. The first-order valence-corrected chi connectivity index (χ1v) is 5.37. The van der Waals surface area contributed by atoms with E-state index in [1.165, 1.54) is 0 Å². The number of aryl methyl sites for hydroxylation is 1. The van der Waals surface area contributed by atoms with E-state index in [1.54, 1.807) is 6.20 Å². The van der Waals surface area contributed by atoms with Crippen LogP contribution in [0.5, 0.6) is 0 Å². The van der Waals surface area contributed by atoms with Crippen LogP contribution >= 0.6 is 0 Å². The van der Waals surface area contributed by atoms with Crippen LogP contribution in [-0.2, 0) is 13.6 Å². The van der Waals surface area contributed by atoms with Crippen molar-refractivity contribution >= 4 is 5.82 Å². The van der Waals surface area contributed by atoms with Crippen LogP contribution in [0.25, 0.3) is 0 Å². The molecular weight excluding hydrogens is 214 g/mol. The number of hydrogen-bond donors (Lipinski definition) is 1. The Morgan fingerprint density at radius 1 is 1.47 bits per heavy atom. The molecule has 5 nitrogen and oxygen atoms in total. The van der Waals surface area contributed by atoms with E-state index in [0.717, 1.165) is 17.1 Å². The highest BCUT2D eigenvalue weighted by atomic mass is 15.1. The number of nitriles is 1. The zero-order valence-corrected chi connectivity index (χ0v) is 10.2. The third kappa shape index (κ3) is 1.68. The number of nitrogen functional groups attached to an aromatic ring is 1. The SMILES string of the molecule is Cc1c(C#N)c(N)n(Cc2nccn2C)c1C. The third-order valence-corrected chi connectivity index (χ3v) is 3.20. The summed E-state index contributed by atoms with van der Waals surface area (Å²) < 4.78 is 3.87. The smallest absolute Gasteiger partial charge is 0.128 e. The van der Waals surface area contributed by atoms with Gasteiger partial charge in [0.15, 0.2) is 0 Å². The summed E-state index contributed by atoms with van der Waals surface area (Å²) >= 11 is 0. The molecule has 88 valence electrons. The van der Waals surface area contributed by atoms with Gasteiger partial charge in [-0.05, 0) is 19.4 Å². The standard InChI is InChI=1S/C12H15N5/c1-8-9(2)17(12(14)10(8)6-13)7-11-15-4-5-16(11)3/h4-5H,7,14H2,1-3H3. The molecule has 2 N–H and O–H groups in total. The highest BCUT2D eigenvalue weighted by molar-refractivity contribution is 5.57. The first-order chi connectivity index (χ1) is 8.06. The summed E-state index contributed by atoms with van der Waals surface area (Å²) in [4.78, 5) is 4.26. The average Bonchev–Trinajstić information content (AvgIpc) is 2.78. The Morgan fingerprint density at radius 2 is 2.18 bits per heavy atom. The maximum absolute atomic E-state index is 9.05. The molecular formula is C12H15N5. The molecule has 0 aromatic carbocycles. The molecule has 2 aromatic heterocycles. The Kier molecular flexibility index (Phi) is 2.64. The molecule has 2 aromatic rings. The molecule has 0 bridgehead atoms. The number of imidazole rings is 1. The lowest BCUT2D eigenvalue weighted by Gasteiger charge is -2.08. The lowest BCUT2D eigenvalue weighted by atomic mass is 10.2. The zero-order valence-electron chi connectivity index (χ0n) is 10.2. The van der Waals surface area contributed by atoms with Gasteiger partial charge in [0.25, 0.3) is 0 Å². The van der Waals surface area contributed by atoms with Gasteiger partial charge in [0.05, 0.1) is 12.1 Å². The van der Waals surface area contributed by atoms with Gasteiger partial charge < -0.3 is 14.9 Å². The second-order valence-corrected chi connectivity index (χ2v) is 4.12. The molecule has 0 radical (unpaired) electrons. The van der Waals surface area contributed by atoms with Crippen molar-refractivity contribution in [2.24, 2.45) is 7.05 Å². The highest BCUT2D eigenvalue weighted by Gasteiger charge is 2.16. The van der Waals surface area contributed by atoms with Crippen LogP contribution in [0.2, 0.25) is 0 Å². The molecule has 0 saturated heterocycles. The van der Waals surface area contributed by atoms with E-state index < -0.39 is 0 Å². The van der Waals surface area contributed by atoms with Gasteiger partial charge in [0.1, 0.15) is 17.7 Å². The van der Waals surface area contributed by atoms with Gasteiger partial charge in [0, 0.05) is 25.1 Å². The minimum atomic E-state index is 0.519. The highest BCUT2D eigenvalue weighted by Crippen LogP contribution is 2.24. The van der Waals surface area contributed by atoms with E-state index in [0.29, 0.717) is 17.9 Å². The van der Waals surface area contributed by atoms with Crippen LogP contribution in [0.15, 0.2) is 12.4 Å². The van der Waals surface area contributed by atoms with Crippen molar-refractivity contribution in [2.45, 2.75) is 20.4 Å². The number of rotatable bonds is 2. The molecule has 0 saturated carbocycles. The summed E-state index contributed by atoms with van der Waals surface area (Å²) in [7, 11) is 1.94. The Labute approximate surface area is 100 Å². The van der Waals surface area contributed by atoms with Gasteiger partial charge in [-0.3, -0.25) is 0 Å². The van der Waals surface area contributed by atoms with Crippen molar-refractivity contribution in [3.8, 4) is 6.07 Å². The molecule has 2 rings (SSSR count).